The number of carbonyl (C=O) groups is 1. The van der Waals surface area contributed by atoms with Crippen molar-refractivity contribution in [3.05, 3.63) is 6.42 Å². The van der Waals surface area contributed by atoms with Crippen LogP contribution in [0.4, 0.5) is 0 Å². The average Bonchev–Trinajstić information content (AvgIpc) is 1.68. The summed E-state index contributed by atoms with van der Waals surface area (Å²) in [6, 6.07) is 0. The number of hydrogen-bond acceptors (Lipinski definition) is 1. The zero-order chi connectivity index (χ0) is 6.41. The van der Waals surface area contributed by atoms with Crippen LogP contribution in [0.1, 0.15) is 33.1 Å². The van der Waals surface area contributed by atoms with Crippen LogP contribution in [0.3, 0.4) is 0 Å². The third-order valence-corrected chi connectivity index (χ3v) is 0.928. The molecular formula is C7H13O. The molecule has 0 atom stereocenters. The summed E-state index contributed by atoms with van der Waals surface area (Å²) in [5, 5.41) is 0. The van der Waals surface area contributed by atoms with E-state index in [1.54, 1.807) is 6.42 Å². The van der Waals surface area contributed by atoms with Gasteiger partial charge in [0.15, 0.2) is 0 Å². The maximum absolute atomic E-state index is 10.6. The standard InChI is InChI=1S/C7H13O/c1-3-5-7(8)6-4-2/h5H,3-4,6H2,1-2H3. The molecule has 0 spiro atoms. The molecule has 0 unspecified atom stereocenters. The summed E-state index contributed by atoms with van der Waals surface area (Å²) in [5.41, 5.74) is 0. The molecule has 0 heterocycles. The lowest BCUT2D eigenvalue weighted by Gasteiger charge is -1.90. The van der Waals surface area contributed by atoms with Gasteiger partial charge in [-0.2, -0.15) is 0 Å². The molecule has 0 fully saturated rings. The molecule has 1 heteroatoms. The fraction of sp³-hybridized carbons (Fsp3) is 0.714. The number of ketones is 1. The van der Waals surface area contributed by atoms with Gasteiger partial charge in [0.1, 0.15) is 5.78 Å². The molecule has 0 saturated heterocycles. The second-order valence-electron chi connectivity index (χ2n) is 1.83. The molecule has 0 aromatic rings. The van der Waals surface area contributed by atoms with Gasteiger partial charge in [0, 0.05) is 12.8 Å². The Labute approximate surface area is 51.1 Å². The van der Waals surface area contributed by atoms with Crippen molar-refractivity contribution in [2.75, 3.05) is 0 Å². The normalized spacial score (nSPS) is 9.25. The van der Waals surface area contributed by atoms with Crippen LogP contribution in [-0.4, -0.2) is 5.78 Å². The van der Waals surface area contributed by atoms with E-state index < -0.39 is 0 Å². The molecule has 0 aliphatic rings. The van der Waals surface area contributed by atoms with E-state index in [9.17, 15) is 4.79 Å². The molecule has 8 heavy (non-hydrogen) atoms. The first-order valence-electron chi connectivity index (χ1n) is 3.17. The fourth-order valence-corrected chi connectivity index (χ4v) is 0.576. The van der Waals surface area contributed by atoms with Crippen molar-refractivity contribution >= 4 is 5.78 Å². The van der Waals surface area contributed by atoms with E-state index in [0.29, 0.717) is 6.42 Å². The molecule has 0 aromatic heterocycles. The second kappa shape index (κ2) is 4.82. The minimum absolute atomic E-state index is 0.287. The Morgan fingerprint density at radius 1 is 1.50 bits per heavy atom. The third-order valence-electron chi connectivity index (χ3n) is 0.928. The van der Waals surface area contributed by atoms with Crippen LogP contribution < -0.4 is 0 Å². The zero-order valence-corrected chi connectivity index (χ0v) is 5.61. The van der Waals surface area contributed by atoms with E-state index in [1.807, 2.05) is 13.8 Å². The predicted molar refractivity (Wildman–Crippen MR) is 34.5 cm³/mol. The Morgan fingerprint density at radius 2 is 2.12 bits per heavy atom. The van der Waals surface area contributed by atoms with Crippen LogP contribution >= 0.6 is 0 Å². The van der Waals surface area contributed by atoms with Gasteiger partial charge in [-0.1, -0.05) is 13.8 Å². The highest BCUT2D eigenvalue weighted by atomic mass is 16.1. The first-order chi connectivity index (χ1) is 3.81. The highest BCUT2D eigenvalue weighted by Crippen LogP contribution is 1.94. The van der Waals surface area contributed by atoms with E-state index in [-0.39, 0.29) is 5.78 Å². The van der Waals surface area contributed by atoms with E-state index in [0.717, 1.165) is 12.8 Å². The summed E-state index contributed by atoms with van der Waals surface area (Å²) < 4.78 is 0. The maximum atomic E-state index is 10.6. The number of hydrogen-bond donors (Lipinski definition) is 0. The highest BCUT2D eigenvalue weighted by Gasteiger charge is 1.95. The van der Waals surface area contributed by atoms with Crippen LogP contribution in [0.5, 0.6) is 0 Å². The third kappa shape index (κ3) is 3.85. The van der Waals surface area contributed by atoms with Gasteiger partial charge in [-0.3, -0.25) is 4.79 Å². The smallest absolute Gasteiger partial charge is 0.136 e. The molecule has 0 bridgehead atoms. The quantitative estimate of drug-likeness (QED) is 0.544. The molecule has 1 nitrogen and oxygen atoms in total. The predicted octanol–water partition coefficient (Wildman–Crippen LogP) is 1.97. The lowest BCUT2D eigenvalue weighted by atomic mass is 10.1. The van der Waals surface area contributed by atoms with Gasteiger partial charge in [0.25, 0.3) is 0 Å². The Bertz CT molecular complexity index is 58.8. The molecule has 0 amide bonds. The summed E-state index contributed by atoms with van der Waals surface area (Å²) in [4.78, 5) is 10.6. The molecule has 0 saturated carbocycles. The van der Waals surface area contributed by atoms with Gasteiger partial charge >= 0.3 is 0 Å². The number of rotatable bonds is 4. The number of Topliss-reactive ketones (excluding diaryl/α,β-unsaturated/α-hetero) is 1. The molecule has 47 valence electrons. The van der Waals surface area contributed by atoms with Gasteiger partial charge in [-0.15, -0.1) is 0 Å². The summed E-state index contributed by atoms with van der Waals surface area (Å²) >= 11 is 0. The lowest BCUT2D eigenvalue weighted by molar-refractivity contribution is -0.116. The minimum Gasteiger partial charge on any atom is -0.299 e. The van der Waals surface area contributed by atoms with E-state index in [4.69, 9.17) is 0 Å². The molecule has 0 aliphatic heterocycles. The lowest BCUT2D eigenvalue weighted by Crippen LogP contribution is -1.95. The SMILES string of the molecule is CC[CH]C(=O)CCC. The van der Waals surface area contributed by atoms with E-state index >= 15 is 0 Å². The molecule has 0 aliphatic carbocycles. The first-order valence-corrected chi connectivity index (χ1v) is 3.17. The Hall–Kier alpha value is -0.330. The van der Waals surface area contributed by atoms with Crippen LogP contribution in [-0.2, 0) is 4.79 Å². The van der Waals surface area contributed by atoms with Crippen LogP contribution in [0.2, 0.25) is 0 Å². The largest absolute Gasteiger partial charge is 0.299 e. The van der Waals surface area contributed by atoms with Crippen molar-refractivity contribution in [1.82, 2.24) is 0 Å². The average molecular weight is 113 g/mol. The molecule has 0 N–H and O–H groups in total. The summed E-state index contributed by atoms with van der Waals surface area (Å²) in [5.74, 6) is 0.287. The van der Waals surface area contributed by atoms with Gasteiger partial charge in [0.2, 0.25) is 0 Å². The van der Waals surface area contributed by atoms with Crippen LogP contribution in [0, 0.1) is 6.42 Å². The Morgan fingerprint density at radius 3 is 2.50 bits per heavy atom. The van der Waals surface area contributed by atoms with Crippen molar-refractivity contribution in [2.24, 2.45) is 0 Å². The van der Waals surface area contributed by atoms with Crippen molar-refractivity contribution in [3.63, 3.8) is 0 Å². The van der Waals surface area contributed by atoms with Crippen molar-refractivity contribution in [1.29, 1.82) is 0 Å². The van der Waals surface area contributed by atoms with Crippen LogP contribution in [0.15, 0.2) is 0 Å². The summed E-state index contributed by atoms with van der Waals surface area (Å²) in [6.07, 6.45) is 4.30. The van der Waals surface area contributed by atoms with Crippen molar-refractivity contribution in [2.45, 2.75) is 33.1 Å². The Kier molecular flexibility index (Phi) is 4.62. The van der Waals surface area contributed by atoms with Crippen molar-refractivity contribution in [3.8, 4) is 0 Å². The molecule has 0 rings (SSSR count). The Balaban J connectivity index is 3.06. The first kappa shape index (κ1) is 7.67. The number of carbonyl (C=O) groups excluding carboxylic acids is 1. The topological polar surface area (TPSA) is 17.1 Å². The molecular weight excluding hydrogens is 100 g/mol. The zero-order valence-electron chi connectivity index (χ0n) is 5.61. The van der Waals surface area contributed by atoms with Gasteiger partial charge in [0.05, 0.1) is 0 Å². The van der Waals surface area contributed by atoms with Gasteiger partial charge in [-0.25, -0.2) is 0 Å². The van der Waals surface area contributed by atoms with Gasteiger partial charge in [-0.05, 0) is 12.8 Å². The maximum Gasteiger partial charge on any atom is 0.136 e. The van der Waals surface area contributed by atoms with Gasteiger partial charge < -0.3 is 0 Å². The van der Waals surface area contributed by atoms with Crippen LogP contribution in [0.25, 0.3) is 0 Å². The molecule has 0 aromatic carbocycles. The van der Waals surface area contributed by atoms with E-state index in [2.05, 4.69) is 0 Å². The highest BCUT2D eigenvalue weighted by molar-refractivity contribution is 5.86. The summed E-state index contributed by atoms with van der Waals surface area (Å²) in [6.45, 7) is 4.00. The van der Waals surface area contributed by atoms with Crippen molar-refractivity contribution < 1.29 is 4.79 Å². The monoisotopic (exact) mass is 113 g/mol. The summed E-state index contributed by atoms with van der Waals surface area (Å²) in [7, 11) is 0. The van der Waals surface area contributed by atoms with E-state index in [1.165, 1.54) is 0 Å². The minimum atomic E-state index is 0.287. The fourth-order valence-electron chi connectivity index (χ4n) is 0.576. The molecule has 1 radical (unpaired) electrons. The second-order valence-corrected chi connectivity index (χ2v) is 1.83.